The second-order valence-electron chi connectivity index (χ2n) is 4.47. The summed E-state index contributed by atoms with van der Waals surface area (Å²) >= 11 is 0. The van der Waals surface area contributed by atoms with Gasteiger partial charge in [-0.3, -0.25) is 0 Å². The highest BCUT2D eigenvalue weighted by atomic mass is 16.5. The zero-order chi connectivity index (χ0) is 11.6. The van der Waals surface area contributed by atoms with Gasteiger partial charge in [-0.15, -0.1) is 0 Å². The van der Waals surface area contributed by atoms with Crippen LogP contribution in [0.3, 0.4) is 0 Å². The number of benzene rings is 1. The Morgan fingerprint density at radius 3 is 2.56 bits per heavy atom. The Morgan fingerprint density at radius 1 is 1.12 bits per heavy atom. The van der Waals surface area contributed by atoms with E-state index < -0.39 is 0 Å². The van der Waals surface area contributed by atoms with Crippen LogP contribution in [0.25, 0.3) is 0 Å². The molecule has 0 aliphatic carbocycles. The lowest BCUT2D eigenvalue weighted by atomic mass is 10.2. The molecule has 0 fully saturated rings. The van der Waals surface area contributed by atoms with Gasteiger partial charge in [-0.1, -0.05) is 32.0 Å². The molecule has 0 spiro atoms. The molecule has 0 saturated heterocycles. The van der Waals surface area contributed by atoms with Crippen molar-refractivity contribution in [2.45, 2.75) is 26.7 Å². The number of hydrogen-bond acceptors (Lipinski definition) is 2. The summed E-state index contributed by atoms with van der Waals surface area (Å²) < 4.78 is 5.61. The summed E-state index contributed by atoms with van der Waals surface area (Å²) in [5.41, 5.74) is 0. The second kappa shape index (κ2) is 8.17. The van der Waals surface area contributed by atoms with Crippen molar-refractivity contribution < 1.29 is 4.74 Å². The van der Waals surface area contributed by atoms with Gasteiger partial charge in [-0.25, -0.2) is 0 Å². The molecule has 16 heavy (non-hydrogen) atoms. The van der Waals surface area contributed by atoms with E-state index in [1.54, 1.807) is 0 Å². The number of ether oxygens (including phenoxy) is 1. The summed E-state index contributed by atoms with van der Waals surface area (Å²) in [7, 11) is 0. The van der Waals surface area contributed by atoms with Gasteiger partial charge in [0.1, 0.15) is 5.75 Å². The number of nitrogens with one attached hydrogen (secondary N) is 1. The van der Waals surface area contributed by atoms with Crippen molar-refractivity contribution in [3.8, 4) is 5.75 Å². The van der Waals surface area contributed by atoms with Gasteiger partial charge in [0.25, 0.3) is 0 Å². The van der Waals surface area contributed by atoms with Gasteiger partial charge in [0.05, 0.1) is 6.61 Å². The lowest BCUT2D eigenvalue weighted by Crippen LogP contribution is -2.21. The zero-order valence-electron chi connectivity index (χ0n) is 10.4. The van der Waals surface area contributed by atoms with Crippen molar-refractivity contribution in [3.05, 3.63) is 30.3 Å². The number of unbranched alkanes of at least 4 members (excludes halogenated alkanes) is 1. The standard InChI is InChI=1S/C14H23NO/c1-13(2)12-15-10-6-7-11-16-14-8-4-3-5-9-14/h3-5,8-9,13,15H,6-7,10-12H2,1-2H3. The average molecular weight is 221 g/mol. The van der Waals surface area contributed by atoms with Gasteiger partial charge in [0.2, 0.25) is 0 Å². The largest absolute Gasteiger partial charge is 0.494 e. The molecule has 1 aromatic carbocycles. The molecular weight excluding hydrogens is 198 g/mol. The predicted octanol–water partition coefficient (Wildman–Crippen LogP) is 3.09. The van der Waals surface area contributed by atoms with Crippen LogP contribution in [0, 0.1) is 5.92 Å². The minimum absolute atomic E-state index is 0.737. The number of rotatable bonds is 8. The highest BCUT2D eigenvalue weighted by Crippen LogP contribution is 2.08. The number of hydrogen-bond donors (Lipinski definition) is 1. The van der Waals surface area contributed by atoms with Crippen molar-refractivity contribution in [2.75, 3.05) is 19.7 Å². The van der Waals surface area contributed by atoms with Gasteiger partial charge >= 0.3 is 0 Å². The van der Waals surface area contributed by atoms with Crippen LogP contribution >= 0.6 is 0 Å². The van der Waals surface area contributed by atoms with Crippen LogP contribution in [0.4, 0.5) is 0 Å². The number of para-hydroxylation sites is 1. The molecule has 0 aliphatic heterocycles. The first-order valence-corrected chi connectivity index (χ1v) is 6.17. The van der Waals surface area contributed by atoms with E-state index in [0.29, 0.717) is 0 Å². The SMILES string of the molecule is CC(C)CNCCCCOc1ccccc1. The maximum Gasteiger partial charge on any atom is 0.119 e. The molecule has 0 saturated carbocycles. The third kappa shape index (κ3) is 6.46. The van der Waals surface area contributed by atoms with E-state index >= 15 is 0 Å². The fourth-order valence-corrected chi connectivity index (χ4v) is 1.45. The molecule has 1 rings (SSSR count). The first-order chi connectivity index (χ1) is 7.79. The van der Waals surface area contributed by atoms with Crippen molar-refractivity contribution in [3.63, 3.8) is 0 Å². The third-order valence-corrected chi connectivity index (χ3v) is 2.31. The monoisotopic (exact) mass is 221 g/mol. The predicted molar refractivity (Wildman–Crippen MR) is 68.9 cm³/mol. The second-order valence-corrected chi connectivity index (χ2v) is 4.47. The molecule has 2 heteroatoms. The van der Waals surface area contributed by atoms with Crippen LogP contribution < -0.4 is 10.1 Å². The van der Waals surface area contributed by atoms with E-state index in [1.165, 1.54) is 6.42 Å². The Labute approximate surface area is 99.0 Å². The van der Waals surface area contributed by atoms with Crippen LogP contribution in [-0.4, -0.2) is 19.7 Å². The lowest BCUT2D eigenvalue weighted by Gasteiger charge is -2.08. The molecule has 0 aliphatic rings. The summed E-state index contributed by atoms with van der Waals surface area (Å²) in [6, 6.07) is 10.00. The molecule has 0 atom stereocenters. The van der Waals surface area contributed by atoms with Gasteiger partial charge < -0.3 is 10.1 Å². The minimum atomic E-state index is 0.737. The van der Waals surface area contributed by atoms with Gasteiger partial charge in [0.15, 0.2) is 0 Å². The summed E-state index contributed by atoms with van der Waals surface area (Å²) in [6.07, 6.45) is 2.29. The molecule has 90 valence electrons. The van der Waals surface area contributed by atoms with Crippen LogP contribution in [0.15, 0.2) is 30.3 Å². The minimum Gasteiger partial charge on any atom is -0.494 e. The normalized spacial score (nSPS) is 10.7. The highest BCUT2D eigenvalue weighted by Gasteiger charge is 1.94. The van der Waals surface area contributed by atoms with Crippen molar-refractivity contribution in [1.29, 1.82) is 0 Å². The highest BCUT2D eigenvalue weighted by molar-refractivity contribution is 5.20. The van der Waals surface area contributed by atoms with Crippen LogP contribution in [0.2, 0.25) is 0 Å². The van der Waals surface area contributed by atoms with Crippen molar-refractivity contribution in [2.24, 2.45) is 5.92 Å². The fraction of sp³-hybridized carbons (Fsp3) is 0.571. The quantitative estimate of drug-likeness (QED) is 0.681. The molecule has 2 nitrogen and oxygen atoms in total. The van der Waals surface area contributed by atoms with Crippen LogP contribution in [0.1, 0.15) is 26.7 Å². The van der Waals surface area contributed by atoms with E-state index in [2.05, 4.69) is 19.2 Å². The van der Waals surface area contributed by atoms with E-state index in [-0.39, 0.29) is 0 Å². The molecule has 0 aromatic heterocycles. The fourth-order valence-electron chi connectivity index (χ4n) is 1.45. The third-order valence-electron chi connectivity index (χ3n) is 2.31. The van der Waals surface area contributed by atoms with E-state index in [9.17, 15) is 0 Å². The lowest BCUT2D eigenvalue weighted by molar-refractivity contribution is 0.305. The molecule has 0 bridgehead atoms. The first kappa shape index (κ1) is 13.0. The van der Waals surface area contributed by atoms with Crippen LogP contribution in [-0.2, 0) is 0 Å². The molecule has 0 radical (unpaired) electrons. The zero-order valence-corrected chi connectivity index (χ0v) is 10.4. The summed E-state index contributed by atoms with van der Waals surface area (Å²) in [5.74, 6) is 1.71. The average Bonchev–Trinajstić information content (AvgIpc) is 2.29. The van der Waals surface area contributed by atoms with Gasteiger partial charge in [-0.2, -0.15) is 0 Å². The van der Waals surface area contributed by atoms with E-state index in [1.807, 2.05) is 30.3 Å². The Morgan fingerprint density at radius 2 is 1.88 bits per heavy atom. The Kier molecular flexibility index (Phi) is 6.66. The van der Waals surface area contributed by atoms with Gasteiger partial charge in [0, 0.05) is 0 Å². The maximum absolute atomic E-state index is 5.61. The van der Waals surface area contributed by atoms with Gasteiger partial charge in [-0.05, 0) is 44.0 Å². The molecule has 1 aromatic rings. The topological polar surface area (TPSA) is 21.3 Å². The van der Waals surface area contributed by atoms with E-state index in [4.69, 9.17) is 4.74 Å². The Bertz CT molecular complexity index is 259. The van der Waals surface area contributed by atoms with Crippen LogP contribution in [0.5, 0.6) is 5.75 Å². The Balaban J connectivity index is 1.93. The summed E-state index contributed by atoms with van der Waals surface area (Å²) in [4.78, 5) is 0. The van der Waals surface area contributed by atoms with Crippen molar-refractivity contribution in [1.82, 2.24) is 5.32 Å². The molecule has 0 unspecified atom stereocenters. The molecule has 0 heterocycles. The smallest absolute Gasteiger partial charge is 0.119 e. The molecule has 0 amide bonds. The molecule has 1 N–H and O–H groups in total. The first-order valence-electron chi connectivity index (χ1n) is 6.17. The van der Waals surface area contributed by atoms with E-state index in [0.717, 1.165) is 37.8 Å². The summed E-state index contributed by atoms with van der Waals surface area (Å²) in [5, 5.41) is 3.43. The Hall–Kier alpha value is -1.02. The maximum atomic E-state index is 5.61. The van der Waals surface area contributed by atoms with Crippen molar-refractivity contribution >= 4 is 0 Å². The summed E-state index contributed by atoms with van der Waals surface area (Å²) in [6.45, 7) is 7.47. The molecular formula is C14H23NO.